The van der Waals surface area contributed by atoms with E-state index in [-0.39, 0.29) is 11.5 Å². The average molecular weight is 322 g/mol. The molecule has 1 amide bonds. The van der Waals surface area contributed by atoms with Gasteiger partial charge in [-0.2, -0.15) is 0 Å². The molecule has 2 saturated heterocycles. The molecule has 23 heavy (non-hydrogen) atoms. The summed E-state index contributed by atoms with van der Waals surface area (Å²) >= 11 is 0. The summed E-state index contributed by atoms with van der Waals surface area (Å²) in [6.07, 6.45) is 10.3. The van der Waals surface area contributed by atoms with Crippen LogP contribution in [0.15, 0.2) is 11.6 Å². The number of nitrogens with zero attached hydrogens (tertiary/aromatic N) is 1. The summed E-state index contributed by atoms with van der Waals surface area (Å²) < 4.78 is 11.5. The summed E-state index contributed by atoms with van der Waals surface area (Å²) in [5, 5.41) is 3.08. The first-order valence-corrected chi connectivity index (χ1v) is 9.14. The molecule has 3 rings (SSSR count). The van der Waals surface area contributed by atoms with Crippen molar-refractivity contribution in [1.29, 1.82) is 0 Å². The Bertz CT molecular complexity index is 424. The molecular formula is C18H30N2O3. The second kappa shape index (κ2) is 8.27. The molecule has 0 atom stereocenters. The van der Waals surface area contributed by atoms with E-state index in [9.17, 15) is 4.79 Å². The summed E-state index contributed by atoms with van der Waals surface area (Å²) in [5.74, 6) is 0.144. The Hall–Kier alpha value is -0.910. The lowest BCUT2D eigenvalue weighted by molar-refractivity contribution is -0.156. The van der Waals surface area contributed by atoms with Crippen molar-refractivity contribution < 1.29 is 14.3 Å². The molecule has 1 aliphatic carbocycles. The van der Waals surface area contributed by atoms with Crippen molar-refractivity contribution in [3.8, 4) is 0 Å². The molecule has 3 aliphatic rings. The number of carbonyl (C=O) groups excluding carboxylic acids is 1. The fourth-order valence-electron chi connectivity index (χ4n) is 3.86. The quantitative estimate of drug-likeness (QED) is 0.785. The minimum absolute atomic E-state index is 0.0797. The monoisotopic (exact) mass is 322 g/mol. The number of carbonyl (C=O) groups is 1. The van der Waals surface area contributed by atoms with Crippen molar-refractivity contribution in [2.24, 2.45) is 0 Å². The first kappa shape index (κ1) is 16.9. The maximum absolute atomic E-state index is 12.2. The summed E-state index contributed by atoms with van der Waals surface area (Å²) in [6.45, 7) is 5.24. The smallest absolute Gasteiger partial charge is 0.234 e. The van der Waals surface area contributed by atoms with Crippen molar-refractivity contribution in [3.63, 3.8) is 0 Å². The summed E-state index contributed by atoms with van der Waals surface area (Å²) in [7, 11) is 0. The Kier molecular flexibility index (Phi) is 6.08. The highest BCUT2D eigenvalue weighted by Crippen LogP contribution is 2.28. The van der Waals surface area contributed by atoms with Gasteiger partial charge in [0.2, 0.25) is 5.91 Å². The van der Waals surface area contributed by atoms with Crippen LogP contribution in [0.2, 0.25) is 0 Å². The minimum Gasteiger partial charge on any atom is -0.381 e. The van der Waals surface area contributed by atoms with Gasteiger partial charge in [-0.05, 0) is 32.1 Å². The lowest BCUT2D eigenvalue weighted by atomic mass is 9.92. The third-order valence-corrected chi connectivity index (χ3v) is 5.25. The maximum atomic E-state index is 12.2. The van der Waals surface area contributed by atoms with Gasteiger partial charge in [0.25, 0.3) is 0 Å². The number of ether oxygens (including phenoxy) is 2. The Morgan fingerprint density at radius 1 is 1.26 bits per heavy atom. The molecule has 1 N–H and O–H groups in total. The third kappa shape index (κ3) is 5.03. The third-order valence-electron chi connectivity index (χ3n) is 5.25. The standard InChI is InChI=1S/C18H30N2O3/c21-17(19-9-6-16-4-2-1-3-5-16)14-20-10-13-23-18(15-20)7-11-22-12-8-18/h4H,1-3,5-15H2,(H,19,21). The SMILES string of the molecule is O=C(CN1CCOC2(CCOCC2)C1)NCCC1=CCCCC1. The summed E-state index contributed by atoms with van der Waals surface area (Å²) in [5.41, 5.74) is 1.44. The van der Waals surface area contributed by atoms with Crippen molar-refractivity contribution in [2.45, 2.75) is 50.5 Å². The molecule has 2 heterocycles. The van der Waals surface area contributed by atoms with Crippen LogP contribution < -0.4 is 5.32 Å². The highest BCUT2D eigenvalue weighted by atomic mass is 16.5. The van der Waals surface area contributed by atoms with Crippen molar-refractivity contribution in [1.82, 2.24) is 10.2 Å². The number of allylic oxidation sites excluding steroid dienone is 1. The first-order chi connectivity index (χ1) is 11.3. The van der Waals surface area contributed by atoms with Gasteiger partial charge in [-0.25, -0.2) is 0 Å². The average Bonchev–Trinajstić information content (AvgIpc) is 2.56. The molecule has 0 saturated carbocycles. The van der Waals surface area contributed by atoms with E-state index >= 15 is 0 Å². The number of nitrogens with one attached hydrogen (secondary N) is 1. The molecule has 0 bridgehead atoms. The van der Waals surface area contributed by atoms with E-state index in [0.717, 1.165) is 58.7 Å². The van der Waals surface area contributed by atoms with Gasteiger partial charge in [-0.15, -0.1) is 0 Å². The van der Waals surface area contributed by atoms with Gasteiger partial charge in [0, 0.05) is 45.7 Å². The second-order valence-corrected chi connectivity index (χ2v) is 7.06. The number of hydrogen-bond donors (Lipinski definition) is 1. The van der Waals surface area contributed by atoms with Crippen molar-refractivity contribution in [2.75, 3.05) is 46.0 Å². The van der Waals surface area contributed by atoms with Gasteiger partial charge < -0.3 is 14.8 Å². The normalized spacial score (nSPS) is 25.1. The predicted molar refractivity (Wildman–Crippen MR) is 89.4 cm³/mol. The molecule has 0 aromatic rings. The minimum atomic E-state index is -0.0797. The molecule has 0 aromatic carbocycles. The molecule has 0 unspecified atom stereocenters. The molecule has 2 fully saturated rings. The highest BCUT2D eigenvalue weighted by molar-refractivity contribution is 5.78. The fourth-order valence-corrected chi connectivity index (χ4v) is 3.86. The van der Waals surface area contributed by atoms with Crippen LogP contribution in [-0.2, 0) is 14.3 Å². The Morgan fingerprint density at radius 2 is 2.13 bits per heavy atom. The Morgan fingerprint density at radius 3 is 2.91 bits per heavy atom. The zero-order chi connectivity index (χ0) is 16.0. The van der Waals surface area contributed by atoms with Crippen LogP contribution in [0.3, 0.4) is 0 Å². The zero-order valence-electron chi connectivity index (χ0n) is 14.1. The number of amides is 1. The van der Waals surface area contributed by atoms with E-state index in [2.05, 4.69) is 16.3 Å². The van der Waals surface area contributed by atoms with Gasteiger partial charge in [-0.3, -0.25) is 9.69 Å². The largest absolute Gasteiger partial charge is 0.381 e. The zero-order valence-corrected chi connectivity index (χ0v) is 14.1. The van der Waals surface area contributed by atoms with Crippen molar-refractivity contribution in [3.05, 3.63) is 11.6 Å². The maximum Gasteiger partial charge on any atom is 0.234 e. The molecular weight excluding hydrogens is 292 g/mol. The van der Waals surface area contributed by atoms with Gasteiger partial charge >= 0.3 is 0 Å². The van der Waals surface area contributed by atoms with E-state index in [4.69, 9.17) is 9.47 Å². The topological polar surface area (TPSA) is 50.8 Å². The lowest BCUT2D eigenvalue weighted by Crippen LogP contribution is -2.56. The van der Waals surface area contributed by atoms with Crippen LogP contribution in [0, 0.1) is 0 Å². The number of rotatable bonds is 5. The fraction of sp³-hybridized carbons (Fsp3) is 0.833. The van der Waals surface area contributed by atoms with Crippen LogP contribution in [0.25, 0.3) is 0 Å². The highest BCUT2D eigenvalue weighted by Gasteiger charge is 2.38. The van der Waals surface area contributed by atoms with Gasteiger partial charge in [0.05, 0.1) is 18.8 Å². The van der Waals surface area contributed by atoms with Crippen LogP contribution in [0.4, 0.5) is 0 Å². The summed E-state index contributed by atoms with van der Waals surface area (Å²) in [4.78, 5) is 14.4. The van der Waals surface area contributed by atoms with Gasteiger partial charge in [0.15, 0.2) is 0 Å². The van der Waals surface area contributed by atoms with Crippen molar-refractivity contribution >= 4 is 5.91 Å². The Balaban J connectivity index is 1.38. The van der Waals surface area contributed by atoms with Crippen LogP contribution >= 0.6 is 0 Å². The lowest BCUT2D eigenvalue weighted by Gasteiger charge is -2.44. The van der Waals surface area contributed by atoms with E-state index < -0.39 is 0 Å². The number of hydrogen-bond acceptors (Lipinski definition) is 4. The van der Waals surface area contributed by atoms with E-state index in [0.29, 0.717) is 6.54 Å². The molecule has 0 radical (unpaired) electrons. The second-order valence-electron chi connectivity index (χ2n) is 7.06. The van der Waals surface area contributed by atoms with Gasteiger partial charge in [-0.1, -0.05) is 11.6 Å². The predicted octanol–water partition coefficient (Wildman–Crippen LogP) is 1.87. The number of morpholine rings is 1. The van der Waals surface area contributed by atoms with E-state index in [1.807, 2.05) is 0 Å². The van der Waals surface area contributed by atoms with E-state index in [1.165, 1.54) is 31.3 Å². The molecule has 5 nitrogen and oxygen atoms in total. The van der Waals surface area contributed by atoms with Crippen LogP contribution in [0.1, 0.15) is 44.9 Å². The first-order valence-electron chi connectivity index (χ1n) is 9.14. The molecule has 130 valence electrons. The molecule has 0 aromatic heterocycles. The molecule has 5 heteroatoms. The molecule has 1 spiro atoms. The summed E-state index contributed by atoms with van der Waals surface area (Å²) in [6, 6.07) is 0. The molecule has 2 aliphatic heterocycles. The van der Waals surface area contributed by atoms with Gasteiger partial charge in [0.1, 0.15) is 0 Å². The van der Waals surface area contributed by atoms with Crippen LogP contribution in [-0.4, -0.2) is 62.4 Å². The van der Waals surface area contributed by atoms with Crippen LogP contribution in [0.5, 0.6) is 0 Å². The Labute approximate surface area is 139 Å². The van der Waals surface area contributed by atoms with E-state index in [1.54, 1.807) is 0 Å².